The Bertz CT molecular complexity index is 392. The van der Waals surface area contributed by atoms with Gasteiger partial charge in [-0.15, -0.1) is 0 Å². The van der Waals surface area contributed by atoms with Crippen LogP contribution in [0.3, 0.4) is 0 Å². The molecule has 1 heterocycles. The lowest BCUT2D eigenvalue weighted by molar-refractivity contribution is 0.154. The fourth-order valence-electron chi connectivity index (χ4n) is 2.17. The second-order valence-electron chi connectivity index (χ2n) is 4.22. The largest absolute Gasteiger partial charge is 0.508 e. The average Bonchev–Trinajstić information content (AvgIpc) is 2.70. The van der Waals surface area contributed by atoms with Gasteiger partial charge in [0.05, 0.1) is 0 Å². The van der Waals surface area contributed by atoms with Crippen LogP contribution in [0.15, 0.2) is 24.3 Å². The lowest BCUT2D eigenvalue weighted by atomic mass is 9.98. The molecule has 4 nitrogen and oxygen atoms in total. The van der Waals surface area contributed by atoms with Crippen LogP contribution < -0.4 is 0 Å². The number of amides is 1. The van der Waals surface area contributed by atoms with Crippen molar-refractivity contribution < 1.29 is 15.0 Å². The predicted octanol–water partition coefficient (Wildman–Crippen LogP) is 1.93. The Morgan fingerprint density at radius 2 is 2.19 bits per heavy atom. The van der Waals surface area contributed by atoms with Gasteiger partial charge in [0.15, 0.2) is 0 Å². The van der Waals surface area contributed by atoms with Crippen LogP contribution in [0.5, 0.6) is 5.75 Å². The van der Waals surface area contributed by atoms with Crippen LogP contribution in [0.2, 0.25) is 0 Å². The number of phenols is 1. The van der Waals surface area contributed by atoms with Gasteiger partial charge in [0.2, 0.25) is 0 Å². The van der Waals surface area contributed by atoms with E-state index < -0.39 is 6.09 Å². The maximum Gasteiger partial charge on any atom is 0.407 e. The van der Waals surface area contributed by atoms with E-state index in [0.717, 1.165) is 18.4 Å². The summed E-state index contributed by atoms with van der Waals surface area (Å²) in [5, 5.41) is 18.4. The van der Waals surface area contributed by atoms with Gasteiger partial charge in [-0.1, -0.05) is 18.2 Å². The molecule has 2 N–H and O–H groups in total. The molecule has 1 aromatic carbocycles. The van der Waals surface area contributed by atoms with Gasteiger partial charge in [-0.2, -0.15) is 0 Å². The molecule has 4 heteroatoms. The molecule has 16 heavy (non-hydrogen) atoms. The number of carboxylic acid groups (broad SMARTS) is 1. The Kier molecular flexibility index (Phi) is 2.99. The van der Waals surface area contributed by atoms with Gasteiger partial charge in [0.25, 0.3) is 0 Å². The molecule has 2 rings (SSSR count). The van der Waals surface area contributed by atoms with Crippen LogP contribution in [-0.4, -0.2) is 34.3 Å². The molecule has 0 aromatic heterocycles. The van der Waals surface area contributed by atoms with Gasteiger partial charge in [-0.25, -0.2) is 4.79 Å². The monoisotopic (exact) mass is 221 g/mol. The van der Waals surface area contributed by atoms with Crippen LogP contribution >= 0.6 is 0 Å². The first-order valence-corrected chi connectivity index (χ1v) is 5.41. The van der Waals surface area contributed by atoms with Gasteiger partial charge in [0.1, 0.15) is 5.75 Å². The van der Waals surface area contributed by atoms with Crippen molar-refractivity contribution >= 4 is 6.09 Å². The first kappa shape index (κ1) is 10.8. The van der Waals surface area contributed by atoms with Gasteiger partial charge in [-0.05, 0) is 30.4 Å². The summed E-state index contributed by atoms with van der Waals surface area (Å²) >= 11 is 0. The molecule has 86 valence electrons. The van der Waals surface area contributed by atoms with Gasteiger partial charge >= 0.3 is 6.09 Å². The van der Waals surface area contributed by atoms with Crippen LogP contribution in [0, 0.1) is 5.92 Å². The van der Waals surface area contributed by atoms with E-state index in [9.17, 15) is 9.90 Å². The molecule has 1 amide bonds. The highest BCUT2D eigenvalue weighted by molar-refractivity contribution is 5.65. The third kappa shape index (κ3) is 2.27. The number of carbonyl (C=O) groups is 1. The number of hydrogen-bond donors (Lipinski definition) is 2. The zero-order valence-electron chi connectivity index (χ0n) is 8.97. The first-order chi connectivity index (χ1) is 7.66. The number of benzene rings is 1. The van der Waals surface area contributed by atoms with Crippen molar-refractivity contribution in [1.82, 2.24) is 4.90 Å². The number of hydrogen-bond acceptors (Lipinski definition) is 2. The number of para-hydroxylation sites is 1. The molecule has 1 aromatic rings. The van der Waals surface area contributed by atoms with E-state index in [1.165, 1.54) is 4.90 Å². The molecular weight excluding hydrogens is 206 g/mol. The summed E-state index contributed by atoms with van der Waals surface area (Å²) in [6.07, 6.45) is 0.775. The highest BCUT2D eigenvalue weighted by atomic mass is 16.4. The molecule has 1 fully saturated rings. The van der Waals surface area contributed by atoms with Crippen molar-refractivity contribution in [3.05, 3.63) is 29.8 Å². The highest BCUT2D eigenvalue weighted by Crippen LogP contribution is 2.25. The number of nitrogens with zero attached hydrogens (tertiary/aromatic N) is 1. The molecule has 0 radical (unpaired) electrons. The van der Waals surface area contributed by atoms with Gasteiger partial charge in [0, 0.05) is 13.1 Å². The fourth-order valence-corrected chi connectivity index (χ4v) is 2.17. The number of rotatable bonds is 2. The minimum Gasteiger partial charge on any atom is -0.508 e. The van der Waals surface area contributed by atoms with E-state index in [-0.39, 0.29) is 0 Å². The Hall–Kier alpha value is -1.71. The van der Waals surface area contributed by atoms with Crippen molar-refractivity contribution in [1.29, 1.82) is 0 Å². The lowest BCUT2D eigenvalue weighted by Gasteiger charge is -2.12. The fraction of sp³-hybridized carbons (Fsp3) is 0.417. The zero-order chi connectivity index (χ0) is 11.5. The van der Waals surface area contributed by atoms with E-state index in [1.807, 2.05) is 12.1 Å². The maximum atomic E-state index is 10.7. The van der Waals surface area contributed by atoms with Crippen LogP contribution in [-0.2, 0) is 6.42 Å². The van der Waals surface area contributed by atoms with Crippen molar-refractivity contribution in [2.24, 2.45) is 5.92 Å². The summed E-state index contributed by atoms with van der Waals surface area (Å²) in [5.74, 6) is 0.626. The zero-order valence-corrected chi connectivity index (χ0v) is 8.97. The summed E-state index contributed by atoms with van der Waals surface area (Å²) in [4.78, 5) is 12.2. The highest BCUT2D eigenvalue weighted by Gasteiger charge is 2.26. The van der Waals surface area contributed by atoms with Crippen LogP contribution in [0.4, 0.5) is 4.79 Å². The normalized spacial score (nSPS) is 20.0. The maximum absolute atomic E-state index is 10.7. The molecule has 0 saturated carbocycles. The molecular formula is C12H15NO3. The quantitative estimate of drug-likeness (QED) is 0.802. The van der Waals surface area contributed by atoms with Crippen LogP contribution in [0.1, 0.15) is 12.0 Å². The third-order valence-electron chi connectivity index (χ3n) is 3.06. The molecule has 1 aliphatic heterocycles. The molecule has 1 saturated heterocycles. The predicted molar refractivity (Wildman–Crippen MR) is 59.5 cm³/mol. The Morgan fingerprint density at radius 1 is 1.44 bits per heavy atom. The minimum atomic E-state index is -0.847. The molecule has 0 aliphatic carbocycles. The number of aromatic hydroxyl groups is 1. The van der Waals surface area contributed by atoms with E-state index in [4.69, 9.17) is 5.11 Å². The Labute approximate surface area is 94.1 Å². The minimum absolute atomic E-state index is 0.302. The summed E-state index contributed by atoms with van der Waals surface area (Å²) < 4.78 is 0. The standard InChI is InChI=1S/C12H15NO3/c14-11-4-2-1-3-10(11)7-9-5-6-13(8-9)12(15)16/h1-4,9,14H,5-8H2,(H,15,16). The molecule has 1 unspecified atom stereocenters. The van der Waals surface area contributed by atoms with E-state index >= 15 is 0 Å². The lowest BCUT2D eigenvalue weighted by Crippen LogP contribution is -2.26. The smallest absolute Gasteiger partial charge is 0.407 e. The average molecular weight is 221 g/mol. The molecule has 0 spiro atoms. The van der Waals surface area contributed by atoms with E-state index in [1.54, 1.807) is 12.1 Å². The Balaban J connectivity index is 1.97. The van der Waals surface area contributed by atoms with Gasteiger partial charge < -0.3 is 15.1 Å². The topological polar surface area (TPSA) is 60.8 Å². The second-order valence-corrected chi connectivity index (χ2v) is 4.22. The van der Waals surface area contributed by atoms with Gasteiger partial charge in [-0.3, -0.25) is 0 Å². The summed E-state index contributed by atoms with van der Waals surface area (Å²) in [7, 11) is 0. The van der Waals surface area contributed by atoms with Crippen molar-refractivity contribution in [3.63, 3.8) is 0 Å². The number of likely N-dealkylation sites (tertiary alicyclic amines) is 1. The first-order valence-electron chi connectivity index (χ1n) is 5.41. The summed E-state index contributed by atoms with van der Waals surface area (Å²) in [6, 6.07) is 7.23. The van der Waals surface area contributed by atoms with Crippen molar-refractivity contribution in [2.75, 3.05) is 13.1 Å². The summed E-state index contributed by atoms with van der Waals surface area (Å²) in [6.45, 7) is 1.18. The van der Waals surface area contributed by atoms with E-state index in [0.29, 0.717) is 24.8 Å². The molecule has 0 bridgehead atoms. The second kappa shape index (κ2) is 4.43. The van der Waals surface area contributed by atoms with E-state index in [2.05, 4.69) is 0 Å². The molecule has 1 atom stereocenters. The van der Waals surface area contributed by atoms with Crippen LogP contribution in [0.25, 0.3) is 0 Å². The third-order valence-corrected chi connectivity index (χ3v) is 3.06. The molecule has 1 aliphatic rings. The van der Waals surface area contributed by atoms with Crippen molar-refractivity contribution in [3.8, 4) is 5.75 Å². The Morgan fingerprint density at radius 3 is 2.81 bits per heavy atom. The van der Waals surface area contributed by atoms with Crippen molar-refractivity contribution in [2.45, 2.75) is 12.8 Å². The number of phenolic OH excluding ortho intramolecular Hbond substituents is 1. The SMILES string of the molecule is O=C(O)N1CCC(Cc2ccccc2O)C1. The summed E-state index contributed by atoms with van der Waals surface area (Å²) in [5.41, 5.74) is 0.903.